The second kappa shape index (κ2) is 9.61. The van der Waals surface area contributed by atoms with Crippen molar-refractivity contribution in [2.45, 2.75) is 38.6 Å². The number of hydrazone groups is 1. The van der Waals surface area contributed by atoms with E-state index >= 15 is 0 Å². The van der Waals surface area contributed by atoms with Crippen LogP contribution in [0.15, 0.2) is 71.3 Å². The quantitative estimate of drug-likeness (QED) is 0.578. The van der Waals surface area contributed by atoms with Crippen LogP contribution in [0.1, 0.15) is 49.8 Å². The van der Waals surface area contributed by atoms with Crippen molar-refractivity contribution in [1.29, 1.82) is 0 Å². The molecule has 3 atom stereocenters. The standard InChI is InChI=1S/C27H35N3/c1-4-21-18-24(19-22-12-7-5-8-13-22)26-25(20-21)27(23-14-9-6-10-15-23)30(28-26)17-11-16-29(2)3/h5-10,12-15,19,21,25,27H,4,11,16-18,20H2,1-3H3/b24-19-. The first-order valence-corrected chi connectivity index (χ1v) is 11.5. The van der Waals surface area contributed by atoms with Crippen molar-refractivity contribution in [2.75, 3.05) is 27.2 Å². The summed E-state index contributed by atoms with van der Waals surface area (Å²) in [7, 11) is 4.30. The Kier molecular flexibility index (Phi) is 6.69. The molecule has 0 N–H and O–H groups in total. The minimum atomic E-state index is 0.358. The lowest BCUT2D eigenvalue weighted by atomic mass is 9.72. The fourth-order valence-corrected chi connectivity index (χ4v) is 5.02. The molecular formula is C27H35N3. The highest BCUT2D eigenvalue weighted by atomic mass is 15.5. The van der Waals surface area contributed by atoms with Crippen molar-refractivity contribution in [3.8, 4) is 0 Å². The summed E-state index contributed by atoms with van der Waals surface area (Å²) in [6.45, 7) is 4.44. The van der Waals surface area contributed by atoms with E-state index in [1.54, 1.807) is 0 Å². The third kappa shape index (κ3) is 4.67. The molecule has 3 nitrogen and oxygen atoms in total. The maximum atomic E-state index is 5.27. The monoisotopic (exact) mass is 401 g/mol. The second-order valence-electron chi connectivity index (χ2n) is 9.06. The van der Waals surface area contributed by atoms with Gasteiger partial charge in [0.25, 0.3) is 0 Å². The van der Waals surface area contributed by atoms with Gasteiger partial charge in [-0.1, -0.05) is 74.0 Å². The largest absolute Gasteiger partial charge is 0.309 e. The molecule has 2 aliphatic rings. The Balaban J connectivity index is 1.68. The van der Waals surface area contributed by atoms with Gasteiger partial charge in [-0.25, -0.2) is 0 Å². The van der Waals surface area contributed by atoms with Crippen LogP contribution < -0.4 is 0 Å². The second-order valence-corrected chi connectivity index (χ2v) is 9.06. The van der Waals surface area contributed by atoms with Gasteiger partial charge in [-0.15, -0.1) is 0 Å². The van der Waals surface area contributed by atoms with Crippen molar-refractivity contribution in [3.05, 3.63) is 77.4 Å². The van der Waals surface area contributed by atoms with E-state index in [0.717, 1.165) is 31.8 Å². The highest BCUT2D eigenvalue weighted by molar-refractivity contribution is 6.07. The molecule has 0 bridgehead atoms. The fourth-order valence-electron chi connectivity index (χ4n) is 5.02. The molecule has 0 saturated heterocycles. The number of allylic oxidation sites excluding steroid dienone is 1. The zero-order valence-electron chi connectivity index (χ0n) is 18.7. The molecule has 4 rings (SSSR count). The maximum Gasteiger partial charge on any atom is 0.0804 e. The van der Waals surface area contributed by atoms with Gasteiger partial charge in [-0.05, 0) is 68.6 Å². The van der Waals surface area contributed by atoms with Crippen LogP contribution in [-0.2, 0) is 0 Å². The van der Waals surface area contributed by atoms with Crippen molar-refractivity contribution < 1.29 is 0 Å². The van der Waals surface area contributed by atoms with E-state index in [-0.39, 0.29) is 0 Å². The van der Waals surface area contributed by atoms with E-state index in [1.807, 2.05) is 0 Å². The van der Waals surface area contributed by atoms with Crippen LogP contribution >= 0.6 is 0 Å². The summed E-state index contributed by atoms with van der Waals surface area (Å²) < 4.78 is 0. The molecule has 30 heavy (non-hydrogen) atoms. The number of nitrogens with zero attached hydrogens (tertiary/aromatic N) is 3. The topological polar surface area (TPSA) is 18.8 Å². The first-order valence-electron chi connectivity index (χ1n) is 11.5. The molecule has 1 saturated carbocycles. The minimum absolute atomic E-state index is 0.358. The van der Waals surface area contributed by atoms with E-state index in [0.29, 0.717) is 12.0 Å². The summed E-state index contributed by atoms with van der Waals surface area (Å²) in [5.74, 6) is 1.22. The van der Waals surface area contributed by atoms with Crippen LogP contribution in [0.5, 0.6) is 0 Å². The van der Waals surface area contributed by atoms with Crippen LogP contribution in [0.25, 0.3) is 6.08 Å². The van der Waals surface area contributed by atoms with Gasteiger partial charge in [0.05, 0.1) is 11.8 Å². The molecular weight excluding hydrogens is 366 g/mol. The van der Waals surface area contributed by atoms with Gasteiger partial charge < -0.3 is 4.90 Å². The molecule has 3 unspecified atom stereocenters. The van der Waals surface area contributed by atoms with E-state index in [1.165, 1.54) is 35.3 Å². The summed E-state index contributed by atoms with van der Waals surface area (Å²) in [4.78, 5) is 2.27. The minimum Gasteiger partial charge on any atom is -0.309 e. The Labute approximate surface area is 182 Å². The van der Waals surface area contributed by atoms with Gasteiger partial charge in [-0.2, -0.15) is 5.10 Å². The van der Waals surface area contributed by atoms with Gasteiger partial charge in [0.2, 0.25) is 0 Å². The Morgan fingerprint density at radius 2 is 1.73 bits per heavy atom. The Hall–Kier alpha value is -2.39. The molecule has 158 valence electrons. The molecule has 0 aromatic heterocycles. The summed E-state index contributed by atoms with van der Waals surface area (Å²) in [6, 6.07) is 22.2. The predicted octanol–water partition coefficient (Wildman–Crippen LogP) is 5.87. The van der Waals surface area contributed by atoms with Crippen molar-refractivity contribution >= 4 is 11.8 Å². The number of hydrogen-bond acceptors (Lipinski definition) is 3. The summed E-state index contributed by atoms with van der Waals surface area (Å²) >= 11 is 0. The normalized spacial score (nSPS) is 24.9. The number of benzene rings is 2. The maximum absolute atomic E-state index is 5.27. The zero-order valence-corrected chi connectivity index (χ0v) is 18.7. The number of hydrogen-bond donors (Lipinski definition) is 0. The average molecular weight is 402 g/mol. The van der Waals surface area contributed by atoms with Gasteiger partial charge in [0, 0.05) is 12.5 Å². The Bertz CT molecular complexity index is 869. The van der Waals surface area contributed by atoms with Crippen LogP contribution in [0.3, 0.4) is 0 Å². The lowest BCUT2D eigenvalue weighted by Gasteiger charge is -2.34. The van der Waals surface area contributed by atoms with Crippen molar-refractivity contribution in [2.24, 2.45) is 16.9 Å². The van der Waals surface area contributed by atoms with Crippen LogP contribution in [-0.4, -0.2) is 42.8 Å². The SMILES string of the molecule is CCC1C/C(=C/c2ccccc2)C2=NN(CCCN(C)C)C(c3ccccc3)C2C1. The molecule has 2 aromatic carbocycles. The van der Waals surface area contributed by atoms with E-state index in [9.17, 15) is 0 Å². The van der Waals surface area contributed by atoms with E-state index < -0.39 is 0 Å². The van der Waals surface area contributed by atoms with Gasteiger partial charge >= 0.3 is 0 Å². The molecule has 1 heterocycles. The molecule has 3 heteroatoms. The van der Waals surface area contributed by atoms with Crippen molar-refractivity contribution in [1.82, 2.24) is 9.91 Å². The third-order valence-corrected chi connectivity index (χ3v) is 6.57. The number of rotatable bonds is 7. The zero-order chi connectivity index (χ0) is 20.9. The van der Waals surface area contributed by atoms with Crippen LogP contribution in [0, 0.1) is 11.8 Å². The molecule has 1 aliphatic carbocycles. The fraction of sp³-hybridized carbons (Fsp3) is 0.444. The highest BCUT2D eigenvalue weighted by Crippen LogP contribution is 2.46. The van der Waals surface area contributed by atoms with Crippen LogP contribution in [0.2, 0.25) is 0 Å². The first kappa shape index (κ1) is 20.9. The van der Waals surface area contributed by atoms with Gasteiger partial charge in [0.15, 0.2) is 0 Å². The Morgan fingerprint density at radius 3 is 2.40 bits per heavy atom. The van der Waals surface area contributed by atoms with Gasteiger partial charge in [0.1, 0.15) is 0 Å². The molecule has 0 amide bonds. The molecule has 0 radical (unpaired) electrons. The van der Waals surface area contributed by atoms with Gasteiger partial charge in [-0.3, -0.25) is 5.01 Å². The third-order valence-electron chi connectivity index (χ3n) is 6.57. The summed E-state index contributed by atoms with van der Waals surface area (Å²) in [6.07, 6.45) is 7.14. The van der Waals surface area contributed by atoms with E-state index in [2.05, 4.69) is 97.7 Å². The molecule has 1 fully saturated rings. The first-order chi connectivity index (χ1) is 14.7. The summed E-state index contributed by atoms with van der Waals surface area (Å²) in [5.41, 5.74) is 5.47. The molecule has 2 aromatic rings. The predicted molar refractivity (Wildman–Crippen MR) is 127 cm³/mol. The van der Waals surface area contributed by atoms with Crippen LogP contribution in [0.4, 0.5) is 0 Å². The molecule has 0 spiro atoms. The van der Waals surface area contributed by atoms with Crippen molar-refractivity contribution in [3.63, 3.8) is 0 Å². The lowest BCUT2D eigenvalue weighted by Crippen LogP contribution is -2.32. The van der Waals surface area contributed by atoms with E-state index in [4.69, 9.17) is 5.10 Å². The average Bonchev–Trinajstić information content (AvgIpc) is 3.13. The summed E-state index contributed by atoms with van der Waals surface area (Å²) in [5, 5.41) is 7.67. The lowest BCUT2D eigenvalue weighted by molar-refractivity contribution is 0.179. The number of fused-ring (bicyclic) bond motifs is 1. The molecule has 1 aliphatic heterocycles. The highest BCUT2D eigenvalue weighted by Gasteiger charge is 2.43. The Morgan fingerprint density at radius 1 is 1.03 bits per heavy atom. The smallest absolute Gasteiger partial charge is 0.0804 e.